The number of carbonyl (C=O) groups excluding carboxylic acids is 2. The molecular formula is C25H45N3O2S. The van der Waals surface area contributed by atoms with Crippen molar-refractivity contribution < 1.29 is 9.59 Å². The van der Waals surface area contributed by atoms with Gasteiger partial charge in [0, 0.05) is 50.3 Å². The van der Waals surface area contributed by atoms with Crippen molar-refractivity contribution in [2.75, 3.05) is 38.5 Å². The molecule has 5 nitrogen and oxygen atoms in total. The second-order valence-corrected chi connectivity index (χ2v) is 12.4. The zero-order valence-electron chi connectivity index (χ0n) is 20.2. The first kappa shape index (κ1) is 24.9. The molecule has 0 aromatic carbocycles. The molecule has 3 aliphatic heterocycles. The summed E-state index contributed by atoms with van der Waals surface area (Å²) < 4.78 is 0. The van der Waals surface area contributed by atoms with Gasteiger partial charge in [0.1, 0.15) is 0 Å². The van der Waals surface area contributed by atoms with Crippen LogP contribution in [0.1, 0.15) is 85.0 Å². The Morgan fingerprint density at radius 2 is 1.77 bits per heavy atom. The molecule has 3 saturated heterocycles. The lowest BCUT2D eigenvalue weighted by Crippen LogP contribution is -2.48. The SMILES string of the molecule is CC(C)(C)CCCCCCN1CCN(C(=O)CCCCC2SCC3CC(=O)NC32)CC1. The first-order valence-electron chi connectivity index (χ1n) is 12.7. The molecule has 0 radical (unpaired) electrons. The van der Waals surface area contributed by atoms with E-state index in [1.165, 1.54) is 38.6 Å². The third-order valence-electron chi connectivity index (χ3n) is 7.21. The number of nitrogens with zero attached hydrogens (tertiary/aromatic N) is 2. The number of fused-ring (bicyclic) bond motifs is 1. The van der Waals surface area contributed by atoms with E-state index in [1.807, 2.05) is 11.8 Å². The summed E-state index contributed by atoms with van der Waals surface area (Å²) in [5.74, 6) is 2.24. The summed E-state index contributed by atoms with van der Waals surface area (Å²) in [7, 11) is 0. The summed E-state index contributed by atoms with van der Waals surface area (Å²) in [6.07, 6.45) is 11.3. The molecule has 0 spiro atoms. The van der Waals surface area contributed by atoms with E-state index in [2.05, 4.69) is 35.9 Å². The second kappa shape index (κ2) is 11.9. The zero-order chi connectivity index (χ0) is 22.3. The van der Waals surface area contributed by atoms with Crippen LogP contribution in [-0.4, -0.2) is 71.4 Å². The van der Waals surface area contributed by atoms with Gasteiger partial charge in [-0.3, -0.25) is 14.5 Å². The largest absolute Gasteiger partial charge is 0.352 e. The van der Waals surface area contributed by atoms with Crippen LogP contribution in [0.15, 0.2) is 0 Å². The molecule has 3 rings (SSSR count). The van der Waals surface area contributed by atoms with Crippen molar-refractivity contribution in [3.05, 3.63) is 0 Å². The highest BCUT2D eigenvalue weighted by Gasteiger charge is 2.42. The quantitative estimate of drug-likeness (QED) is 0.476. The predicted octanol–water partition coefficient (Wildman–Crippen LogP) is 4.31. The lowest BCUT2D eigenvalue weighted by Gasteiger charge is -2.35. The van der Waals surface area contributed by atoms with Crippen molar-refractivity contribution in [1.29, 1.82) is 0 Å². The van der Waals surface area contributed by atoms with Gasteiger partial charge in [-0.25, -0.2) is 0 Å². The number of hydrogen-bond acceptors (Lipinski definition) is 4. The van der Waals surface area contributed by atoms with Gasteiger partial charge >= 0.3 is 0 Å². The van der Waals surface area contributed by atoms with Gasteiger partial charge in [0.05, 0.1) is 0 Å². The van der Waals surface area contributed by atoms with Crippen molar-refractivity contribution in [2.45, 2.75) is 96.3 Å². The average molecular weight is 452 g/mol. The van der Waals surface area contributed by atoms with Gasteiger partial charge in [0.25, 0.3) is 0 Å². The van der Waals surface area contributed by atoms with Crippen LogP contribution < -0.4 is 5.32 Å². The van der Waals surface area contributed by atoms with Crippen LogP contribution in [0.25, 0.3) is 0 Å². The Kier molecular flexibility index (Phi) is 9.57. The molecule has 3 atom stereocenters. The number of thioether (sulfide) groups is 1. The fourth-order valence-electron chi connectivity index (χ4n) is 5.25. The molecule has 178 valence electrons. The topological polar surface area (TPSA) is 52.7 Å². The minimum absolute atomic E-state index is 0.232. The fourth-order valence-corrected chi connectivity index (χ4v) is 6.90. The van der Waals surface area contributed by atoms with E-state index in [9.17, 15) is 9.59 Å². The number of nitrogens with one attached hydrogen (secondary N) is 1. The summed E-state index contributed by atoms with van der Waals surface area (Å²) in [5, 5.41) is 3.72. The Hall–Kier alpha value is -0.750. The van der Waals surface area contributed by atoms with Gasteiger partial charge < -0.3 is 10.2 Å². The maximum atomic E-state index is 12.6. The number of unbranched alkanes of at least 4 members (excludes halogenated alkanes) is 4. The highest BCUT2D eigenvalue weighted by atomic mass is 32.2. The molecule has 1 N–H and O–H groups in total. The third kappa shape index (κ3) is 8.27. The minimum atomic E-state index is 0.232. The summed E-state index contributed by atoms with van der Waals surface area (Å²) in [6, 6.07) is 0.389. The van der Waals surface area contributed by atoms with Gasteiger partial charge in [-0.1, -0.05) is 46.5 Å². The maximum absolute atomic E-state index is 12.6. The van der Waals surface area contributed by atoms with Gasteiger partial charge in [-0.15, -0.1) is 0 Å². The number of carbonyl (C=O) groups is 2. The van der Waals surface area contributed by atoms with E-state index in [0.29, 0.717) is 35.0 Å². The second-order valence-electron chi connectivity index (χ2n) is 11.1. The Labute approximate surface area is 194 Å². The Morgan fingerprint density at radius 1 is 1.03 bits per heavy atom. The number of piperazine rings is 1. The highest BCUT2D eigenvalue weighted by molar-refractivity contribution is 8.00. The molecule has 3 unspecified atom stereocenters. The van der Waals surface area contributed by atoms with Crippen molar-refractivity contribution in [1.82, 2.24) is 15.1 Å². The van der Waals surface area contributed by atoms with E-state index in [4.69, 9.17) is 0 Å². The van der Waals surface area contributed by atoms with Gasteiger partial charge in [0.2, 0.25) is 11.8 Å². The molecule has 3 heterocycles. The Bertz CT molecular complexity index is 584. The molecule has 6 heteroatoms. The summed E-state index contributed by atoms with van der Waals surface area (Å²) >= 11 is 2.02. The van der Waals surface area contributed by atoms with Gasteiger partial charge in [-0.05, 0) is 49.3 Å². The Morgan fingerprint density at radius 3 is 2.52 bits per heavy atom. The normalized spacial score (nSPS) is 26.9. The molecule has 0 bridgehead atoms. The molecule has 0 aliphatic carbocycles. The summed E-state index contributed by atoms with van der Waals surface area (Å²) in [6.45, 7) is 12.0. The van der Waals surface area contributed by atoms with E-state index in [-0.39, 0.29) is 5.91 Å². The molecule has 0 saturated carbocycles. The van der Waals surface area contributed by atoms with Crippen LogP contribution >= 0.6 is 11.8 Å². The van der Waals surface area contributed by atoms with Crippen LogP contribution in [0.4, 0.5) is 0 Å². The molecule has 3 aliphatic rings. The number of hydrogen-bond donors (Lipinski definition) is 1. The fraction of sp³-hybridized carbons (Fsp3) is 0.920. The van der Waals surface area contributed by atoms with Crippen molar-refractivity contribution in [3.8, 4) is 0 Å². The van der Waals surface area contributed by atoms with E-state index < -0.39 is 0 Å². The molecule has 0 aromatic heterocycles. The first-order chi connectivity index (χ1) is 14.8. The van der Waals surface area contributed by atoms with Crippen LogP contribution in [0, 0.1) is 11.3 Å². The lowest BCUT2D eigenvalue weighted by atomic mass is 9.89. The molecular weight excluding hydrogens is 406 g/mol. The number of amides is 2. The average Bonchev–Trinajstić information content (AvgIpc) is 3.26. The maximum Gasteiger partial charge on any atom is 0.222 e. The van der Waals surface area contributed by atoms with E-state index in [1.54, 1.807) is 0 Å². The zero-order valence-corrected chi connectivity index (χ0v) is 21.0. The number of rotatable bonds is 11. The summed E-state index contributed by atoms with van der Waals surface area (Å²) in [4.78, 5) is 28.8. The van der Waals surface area contributed by atoms with E-state index in [0.717, 1.165) is 57.6 Å². The van der Waals surface area contributed by atoms with Crippen LogP contribution in [0.3, 0.4) is 0 Å². The predicted molar refractivity (Wildman–Crippen MR) is 130 cm³/mol. The molecule has 0 aromatic rings. The third-order valence-corrected chi connectivity index (χ3v) is 8.79. The Balaban J connectivity index is 1.19. The van der Waals surface area contributed by atoms with Crippen molar-refractivity contribution >= 4 is 23.6 Å². The molecule has 31 heavy (non-hydrogen) atoms. The van der Waals surface area contributed by atoms with Crippen LogP contribution in [0.5, 0.6) is 0 Å². The highest BCUT2D eigenvalue weighted by Crippen LogP contribution is 2.39. The minimum Gasteiger partial charge on any atom is -0.352 e. The van der Waals surface area contributed by atoms with Crippen molar-refractivity contribution in [2.24, 2.45) is 11.3 Å². The summed E-state index contributed by atoms with van der Waals surface area (Å²) in [5.41, 5.74) is 0.467. The van der Waals surface area contributed by atoms with Gasteiger partial charge in [-0.2, -0.15) is 11.8 Å². The van der Waals surface area contributed by atoms with E-state index >= 15 is 0 Å². The standard InChI is InChI=1S/C25H45N3O2S/c1-25(2,3)12-8-4-5-9-13-27-14-16-28(17-15-27)23(30)11-7-6-10-21-24-20(19-31-21)18-22(29)26-24/h20-21,24H,4-19H2,1-3H3,(H,26,29). The monoisotopic (exact) mass is 451 g/mol. The van der Waals surface area contributed by atoms with Crippen LogP contribution in [-0.2, 0) is 9.59 Å². The molecule has 2 amide bonds. The smallest absolute Gasteiger partial charge is 0.222 e. The van der Waals surface area contributed by atoms with Gasteiger partial charge in [0.15, 0.2) is 0 Å². The van der Waals surface area contributed by atoms with Crippen molar-refractivity contribution in [3.63, 3.8) is 0 Å². The van der Waals surface area contributed by atoms with Crippen LogP contribution in [0.2, 0.25) is 0 Å². The molecule has 3 fully saturated rings. The first-order valence-corrected chi connectivity index (χ1v) is 13.8. The lowest BCUT2D eigenvalue weighted by molar-refractivity contribution is -0.133.